The van der Waals surface area contributed by atoms with Gasteiger partial charge in [0.2, 0.25) is 0 Å². The number of ether oxygens (including phenoxy) is 2. The standard InChI is InChI=1S/C24H35N4O6P/c1-6-33-35-34-12-11-27(16-22(31-4)32-5)24(3,30)15-18-13-17(2)14-21(23(18)29)28-25-19-9-7-8-10-20(19)26-28/h7-10,13-14,22,29-30,35H,6,11-12,15-16H2,1-5H3. The van der Waals surface area contributed by atoms with E-state index >= 15 is 0 Å². The number of aliphatic hydroxyl groups is 1. The highest BCUT2D eigenvalue weighted by molar-refractivity contribution is 7.26. The van der Waals surface area contributed by atoms with Gasteiger partial charge in [-0.1, -0.05) is 18.2 Å². The fraction of sp³-hybridized carbons (Fsp3) is 0.500. The van der Waals surface area contributed by atoms with E-state index in [4.69, 9.17) is 18.5 Å². The van der Waals surface area contributed by atoms with Gasteiger partial charge in [0.05, 0.1) is 19.8 Å². The third kappa shape index (κ3) is 7.17. The lowest BCUT2D eigenvalue weighted by Crippen LogP contribution is -2.52. The van der Waals surface area contributed by atoms with E-state index in [9.17, 15) is 10.2 Å². The predicted octanol–water partition coefficient (Wildman–Crippen LogP) is 3.17. The van der Waals surface area contributed by atoms with Crippen LogP contribution in [0, 0.1) is 6.92 Å². The van der Waals surface area contributed by atoms with Crippen LogP contribution >= 0.6 is 9.03 Å². The maximum Gasteiger partial charge on any atom is 0.169 e. The number of aromatic nitrogens is 3. The number of methoxy groups -OCH3 is 2. The summed E-state index contributed by atoms with van der Waals surface area (Å²) in [6.07, 6.45) is -0.402. The maximum absolute atomic E-state index is 11.5. The van der Waals surface area contributed by atoms with Crippen LogP contribution in [0.15, 0.2) is 36.4 Å². The Kier molecular flexibility index (Phi) is 9.94. The fourth-order valence-electron chi connectivity index (χ4n) is 3.81. The van der Waals surface area contributed by atoms with Gasteiger partial charge < -0.3 is 28.7 Å². The number of aryl methyl sites for hydroxylation is 1. The van der Waals surface area contributed by atoms with Crippen LogP contribution in [0.5, 0.6) is 5.75 Å². The molecule has 11 heteroatoms. The van der Waals surface area contributed by atoms with Crippen LogP contribution in [0.25, 0.3) is 16.7 Å². The second-order valence-corrected chi connectivity index (χ2v) is 9.12. The second kappa shape index (κ2) is 12.7. The lowest BCUT2D eigenvalue weighted by atomic mass is 9.98. The molecule has 2 aromatic carbocycles. The molecule has 0 fully saturated rings. The molecule has 0 aliphatic heterocycles. The number of rotatable bonds is 14. The molecule has 0 saturated carbocycles. The third-order valence-corrected chi connectivity index (χ3v) is 6.37. The molecule has 0 aliphatic carbocycles. The quantitative estimate of drug-likeness (QED) is 0.193. The van der Waals surface area contributed by atoms with Crippen molar-refractivity contribution in [2.45, 2.75) is 39.2 Å². The molecule has 0 amide bonds. The number of phenolic OH excluding ortho intramolecular Hbond substituents is 1. The molecule has 0 radical (unpaired) electrons. The van der Waals surface area contributed by atoms with Crippen LogP contribution in [0.4, 0.5) is 0 Å². The first-order chi connectivity index (χ1) is 16.8. The van der Waals surface area contributed by atoms with Crippen molar-refractivity contribution < 1.29 is 28.7 Å². The number of fused-ring (bicyclic) bond motifs is 1. The third-order valence-electron chi connectivity index (χ3n) is 5.64. The summed E-state index contributed by atoms with van der Waals surface area (Å²) in [5.41, 5.74) is 2.03. The largest absolute Gasteiger partial charge is 0.505 e. The van der Waals surface area contributed by atoms with Crippen molar-refractivity contribution in [2.24, 2.45) is 0 Å². The summed E-state index contributed by atoms with van der Waals surface area (Å²) in [5.74, 6) is 0.0141. The van der Waals surface area contributed by atoms with Crippen molar-refractivity contribution in [2.75, 3.05) is 40.5 Å². The van der Waals surface area contributed by atoms with Crippen LogP contribution in [0.2, 0.25) is 0 Å². The summed E-state index contributed by atoms with van der Waals surface area (Å²) in [6, 6.07) is 11.2. The number of nitrogens with zero attached hydrogens (tertiary/aromatic N) is 4. The Balaban J connectivity index is 1.86. The van der Waals surface area contributed by atoms with Gasteiger partial charge in [-0.05, 0) is 44.5 Å². The van der Waals surface area contributed by atoms with Crippen LogP contribution in [0.3, 0.4) is 0 Å². The van der Waals surface area contributed by atoms with Crippen molar-refractivity contribution in [1.29, 1.82) is 0 Å². The maximum atomic E-state index is 11.5. The molecule has 0 bridgehead atoms. The zero-order chi connectivity index (χ0) is 25.4. The normalized spacial score (nSPS) is 14.1. The molecule has 1 heterocycles. The average Bonchev–Trinajstić information content (AvgIpc) is 3.27. The van der Waals surface area contributed by atoms with E-state index in [1.54, 1.807) is 21.1 Å². The van der Waals surface area contributed by atoms with Gasteiger partial charge in [-0.25, -0.2) is 0 Å². The lowest BCUT2D eigenvalue weighted by Gasteiger charge is -2.38. The van der Waals surface area contributed by atoms with E-state index in [0.29, 0.717) is 37.6 Å². The Bertz CT molecular complexity index is 1060. The van der Waals surface area contributed by atoms with E-state index < -0.39 is 12.0 Å². The minimum Gasteiger partial charge on any atom is -0.505 e. The van der Waals surface area contributed by atoms with Crippen molar-refractivity contribution in [1.82, 2.24) is 19.9 Å². The first-order valence-electron chi connectivity index (χ1n) is 11.5. The molecule has 0 spiro atoms. The van der Waals surface area contributed by atoms with Gasteiger partial charge in [-0.2, -0.15) is 0 Å². The molecule has 2 N–H and O–H groups in total. The Morgan fingerprint density at radius 2 is 1.77 bits per heavy atom. The molecule has 35 heavy (non-hydrogen) atoms. The second-order valence-electron chi connectivity index (χ2n) is 8.38. The van der Waals surface area contributed by atoms with Crippen molar-refractivity contribution >= 4 is 20.1 Å². The number of hydrogen-bond acceptors (Lipinski definition) is 9. The highest BCUT2D eigenvalue weighted by Gasteiger charge is 2.33. The van der Waals surface area contributed by atoms with Crippen LogP contribution in [0.1, 0.15) is 25.0 Å². The Morgan fingerprint density at radius 3 is 2.37 bits per heavy atom. The number of hydrogen-bond donors (Lipinski definition) is 2. The molecule has 1 aromatic heterocycles. The van der Waals surface area contributed by atoms with E-state index in [1.807, 2.05) is 55.1 Å². The first kappa shape index (κ1) is 27.4. The van der Waals surface area contributed by atoms with Crippen molar-refractivity contribution in [3.8, 4) is 11.4 Å². The van der Waals surface area contributed by atoms with E-state index in [1.165, 1.54) is 4.80 Å². The van der Waals surface area contributed by atoms with Gasteiger partial charge in [0.1, 0.15) is 28.2 Å². The first-order valence-corrected chi connectivity index (χ1v) is 12.3. The summed E-state index contributed by atoms with van der Waals surface area (Å²) in [7, 11) is 3.03. The molecule has 2 unspecified atom stereocenters. The van der Waals surface area contributed by atoms with Gasteiger partial charge in [0, 0.05) is 32.7 Å². The SMILES string of the molecule is CCOPOCCN(CC(OC)OC)C(C)(O)Cc1cc(C)cc(-n2nc3ccccc3n2)c1O. The molecular formula is C24H35N4O6P. The number of phenols is 1. The molecule has 3 aromatic rings. The topological polar surface area (TPSA) is 111 Å². The monoisotopic (exact) mass is 506 g/mol. The van der Waals surface area contributed by atoms with Gasteiger partial charge >= 0.3 is 0 Å². The van der Waals surface area contributed by atoms with Crippen LogP contribution in [-0.4, -0.2) is 82.6 Å². The van der Waals surface area contributed by atoms with Crippen molar-refractivity contribution in [3.05, 3.63) is 47.5 Å². The molecular weight excluding hydrogens is 471 g/mol. The summed E-state index contributed by atoms with van der Waals surface area (Å²) in [6.45, 7) is 7.15. The highest BCUT2D eigenvalue weighted by atomic mass is 31.1. The summed E-state index contributed by atoms with van der Waals surface area (Å²) < 4.78 is 21.5. The van der Waals surface area contributed by atoms with Gasteiger partial charge in [-0.3, -0.25) is 4.90 Å². The summed E-state index contributed by atoms with van der Waals surface area (Å²) in [5, 5.41) is 31.7. The van der Waals surface area contributed by atoms with Crippen LogP contribution < -0.4 is 0 Å². The van der Waals surface area contributed by atoms with Gasteiger partial charge in [0.25, 0.3) is 0 Å². The fourth-order valence-corrected chi connectivity index (χ4v) is 4.19. The zero-order valence-corrected chi connectivity index (χ0v) is 21.9. The molecule has 0 aliphatic rings. The number of aromatic hydroxyl groups is 1. The van der Waals surface area contributed by atoms with Gasteiger partial charge in [0.15, 0.2) is 15.3 Å². The lowest BCUT2D eigenvalue weighted by molar-refractivity contribution is -0.166. The predicted molar refractivity (Wildman–Crippen MR) is 135 cm³/mol. The summed E-state index contributed by atoms with van der Waals surface area (Å²) in [4.78, 5) is 3.24. The average molecular weight is 507 g/mol. The number of benzene rings is 2. The Labute approximate surface area is 207 Å². The minimum absolute atomic E-state index is 0.0141. The minimum atomic E-state index is -1.35. The zero-order valence-electron chi connectivity index (χ0n) is 20.9. The van der Waals surface area contributed by atoms with Crippen LogP contribution in [-0.2, 0) is 24.9 Å². The van der Waals surface area contributed by atoms with Gasteiger partial charge in [-0.15, -0.1) is 15.0 Å². The van der Waals surface area contributed by atoms with E-state index in [0.717, 1.165) is 16.6 Å². The molecule has 10 nitrogen and oxygen atoms in total. The molecule has 192 valence electrons. The van der Waals surface area contributed by atoms with E-state index in [2.05, 4.69) is 10.2 Å². The Hall–Kier alpha value is -2.17. The highest BCUT2D eigenvalue weighted by Crippen LogP contribution is 2.32. The Morgan fingerprint density at radius 1 is 1.11 bits per heavy atom. The summed E-state index contributed by atoms with van der Waals surface area (Å²) >= 11 is 0. The van der Waals surface area contributed by atoms with Crippen molar-refractivity contribution in [3.63, 3.8) is 0 Å². The molecule has 3 rings (SSSR count). The molecule has 2 atom stereocenters. The van der Waals surface area contributed by atoms with E-state index in [-0.39, 0.29) is 21.2 Å². The molecule has 0 saturated heterocycles. The smallest absolute Gasteiger partial charge is 0.169 e.